The third-order valence-corrected chi connectivity index (χ3v) is 4.58. The van der Waals surface area contributed by atoms with Crippen molar-refractivity contribution in [3.63, 3.8) is 0 Å². The zero-order valence-corrected chi connectivity index (χ0v) is 18.1. The number of carbonyl (C=O) groups excluding carboxylic acids is 1. The molecule has 8 heteroatoms. The fraction of sp³-hybridized carbons (Fsp3) is 0.348. The summed E-state index contributed by atoms with van der Waals surface area (Å²) >= 11 is 0. The van der Waals surface area contributed by atoms with E-state index >= 15 is 0 Å². The Morgan fingerprint density at radius 3 is 2.19 bits per heavy atom. The molecule has 1 N–H and O–H groups in total. The van der Waals surface area contributed by atoms with Gasteiger partial charge in [-0.15, -0.1) is 10.2 Å². The van der Waals surface area contributed by atoms with Crippen LogP contribution in [-0.4, -0.2) is 26.2 Å². The Balaban J connectivity index is 2.13. The molecule has 0 fully saturated rings. The minimum atomic E-state index is -4.41. The molecule has 3 rings (SSSR count). The van der Waals surface area contributed by atoms with Crippen LogP contribution in [0.15, 0.2) is 48.8 Å². The summed E-state index contributed by atoms with van der Waals surface area (Å²) in [6, 6.07) is 10.1. The molecule has 0 aliphatic carbocycles. The summed E-state index contributed by atoms with van der Waals surface area (Å²) in [4.78, 5) is 12.9. The molecule has 0 saturated heterocycles. The van der Waals surface area contributed by atoms with Gasteiger partial charge in [-0.25, -0.2) is 0 Å². The molecule has 0 atom stereocenters. The summed E-state index contributed by atoms with van der Waals surface area (Å²) in [5.41, 5.74) is 1.07. The van der Waals surface area contributed by atoms with Crippen LogP contribution in [0.5, 0.6) is 0 Å². The largest absolute Gasteiger partial charge is 0.416 e. The molecule has 0 unspecified atom stereocenters. The number of rotatable bonds is 4. The van der Waals surface area contributed by atoms with E-state index in [0.29, 0.717) is 28.2 Å². The Hall–Kier alpha value is -3.16. The lowest BCUT2D eigenvalue weighted by Gasteiger charge is -2.21. The van der Waals surface area contributed by atoms with Crippen LogP contribution in [0.4, 0.5) is 13.2 Å². The average Bonchev–Trinajstić information content (AvgIpc) is 3.16. The molecule has 1 aromatic heterocycles. The quantitative estimate of drug-likeness (QED) is 0.586. The van der Waals surface area contributed by atoms with E-state index in [2.05, 4.69) is 15.5 Å². The van der Waals surface area contributed by atoms with Crippen LogP contribution in [0.1, 0.15) is 62.3 Å². The lowest BCUT2D eigenvalue weighted by molar-refractivity contribution is -0.137. The molecule has 2 aromatic carbocycles. The maximum atomic E-state index is 12.9. The zero-order valence-electron chi connectivity index (χ0n) is 18.1. The van der Waals surface area contributed by atoms with Crippen LogP contribution in [0.2, 0.25) is 0 Å². The van der Waals surface area contributed by atoms with Crippen molar-refractivity contribution < 1.29 is 18.0 Å². The van der Waals surface area contributed by atoms with Gasteiger partial charge in [0.1, 0.15) is 12.2 Å². The molecule has 0 bridgehead atoms. The molecule has 5 nitrogen and oxygen atoms in total. The summed E-state index contributed by atoms with van der Waals surface area (Å²) in [6.07, 6.45) is -2.85. The summed E-state index contributed by atoms with van der Waals surface area (Å²) in [7, 11) is 0. The maximum absolute atomic E-state index is 12.9. The Morgan fingerprint density at radius 2 is 1.65 bits per heavy atom. The first-order chi connectivity index (χ1) is 14.3. The van der Waals surface area contributed by atoms with E-state index in [1.807, 2.05) is 40.7 Å². The van der Waals surface area contributed by atoms with Crippen molar-refractivity contribution in [3.05, 3.63) is 65.7 Å². The number of nitrogens with zero attached hydrogens (tertiary/aromatic N) is 3. The van der Waals surface area contributed by atoms with Crippen LogP contribution in [0, 0.1) is 0 Å². The molecule has 0 aliphatic rings. The van der Waals surface area contributed by atoms with Gasteiger partial charge < -0.3 is 5.32 Å². The molecule has 1 heterocycles. The number of hydrogen-bond donors (Lipinski definition) is 1. The summed E-state index contributed by atoms with van der Waals surface area (Å²) in [5.74, 6) is 0.525. The normalized spacial score (nSPS) is 12.3. The van der Waals surface area contributed by atoms with Gasteiger partial charge in [0.05, 0.1) is 5.56 Å². The van der Waals surface area contributed by atoms with E-state index in [9.17, 15) is 18.0 Å². The minimum Gasteiger partial charge on any atom is -0.347 e. The Morgan fingerprint density at radius 1 is 1.00 bits per heavy atom. The standard InChI is InChI=1S/C23H25F3N4O/c1-14(2)20-29-27-13-30(20)19-11-16(10-17(12-19)21(31)28-22(3,4)5)15-6-8-18(9-7-15)23(24,25)26/h6-14H,1-5H3,(H,28,31). The summed E-state index contributed by atoms with van der Waals surface area (Å²) in [6.45, 7) is 9.59. The number of nitrogens with one attached hydrogen (secondary N) is 1. The first kappa shape index (κ1) is 22.5. The van der Waals surface area contributed by atoms with E-state index in [0.717, 1.165) is 12.1 Å². The average molecular weight is 430 g/mol. The topological polar surface area (TPSA) is 59.8 Å². The number of hydrogen-bond acceptors (Lipinski definition) is 3. The van der Waals surface area contributed by atoms with Crippen LogP contribution in [-0.2, 0) is 6.18 Å². The van der Waals surface area contributed by atoms with Gasteiger partial charge in [-0.1, -0.05) is 26.0 Å². The predicted octanol–water partition coefficient (Wildman–Crippen LogP) is 5.60. The highest BCUT2D eigenvalue weighted by Crippen LogP contribution is 2.32. The third kappa shape index (κ3) is 5.31. The molecule has 3 aromatic rings. The van der Waals surface area contributed by atoms with E-state index < -0.39 is 17.3 Å². The van der Waals surface area contributed by atoms with Crippen LogP contribution in [0.3, 0.4) is 0 Å². The van der Waals surface area contributed by atoms with E-state index in [-0.39, 0.29) is 11.8 Å². The molecular formula is C23H25F3N4O. The van der Waals surface area contributed by atoms with Gasteiger partial charge in [0.15, 0.2) is 0 Å². The first-order valence-electron chi connectivity index (χ1n) is 9.91. The molecule has 164 valence electrons. The maximum Gasteiger partial charge on any atom is 0.416 e. The van der Waals surface area contributed by atoms with Crippen molar-refractivity contribution in [2.45, 2.75) is 52.3 Å². The zero-order chi connectivity index (χ0) is 23.0. The third-order valence-electron chi connectivity index (χ3n) is 4.58. The molecular weight excluding hydrogens is 405 g/mol. The van der Waals surface area contributed by atoms with Gasteiger partial charge in [0, 0.05) is 22.7 Å². The highest BCUT2D eigenvalue weighted by atomic mass is 19.4. The summed E-state index contributed by atoms with van der Waals surface area (Å²) < 4.78 is 40.6. The fourth-order valence-electron chi connectivity index (χ4n) is 3.15. The van der Waals surface area contributed by atoms with Gasteiger partial charge >= 0.3 is 6.18 Å². The van der Waals surface area contributed by atoms with Crippen molar-refractivity contribution in [2.24, 2.45) is 0 Å². The monoisotopic (exact) mass is 430 g/mol. The lowest BCUT2D eigenvalue weighted by atomic mass is 9.99. The Bertz CT molecular complexity index is 1080. The second-order valence-corrected chi connectivity index (χ2v) is 8.76. The second kappa shape index (κ2) is 8.17. The number of carbonyl (C=O) groups is 1. The molecule has 0 saturated carbocycles. The molecule has 1 amide bonds. The number of aromatic nitrogens is 3. The van der Waals surface area contributed by atoms with E-state index in [4.69, 9.17) is 0 Å². The van der Waals surface area contributed by atoms with Crippen LogP contribution in [0.25, 0.3) is 16.8 Å². The number of benzene rings is 2. The molecule has 0 aliphatic heterocycles. The Labute approximate surface area is 179 Å². The van der Waals surface area contributed by atoms with Crippen molar-refractivity contribution in [3.8, 4) is 16.8 Å². The molecule has 31 heavy (non-hydrogen) atoms. The predicted molar refractivity (Wildman–Crippen MR) is 113 cm³/mol. The van der Waals surface area contributed by atoms with Crippen molar-refractivity contribution in [2.75, 3.05) is 0 Å². The lowest BCUT2D eigenvalue weighted by Crippen LogP contribution is -2.40. The van der Waals surface area contributed by atoms with Crippen LogP contribution < -0.4 is 5.32 Å². The van der Waals surface area contributed by atoms with Gasteiger partial charge in [-0.05, 0) is 62.2 Å². The fourth-order valence-corrected chi connectivity index (χ4v) is 3.15. The van der Waals surface area contributed by atoms with Gasteiger partial charge in [0.25, 0.3) is 5.91 Å². The van der Waals surface area contributed by atoms with Crippen molar-refractivity contribution in [1.29, 1.82) is 0 Å². The molecule has 0 spiro atoms. The SMILES string of the molecule is CC(C)c1nncn1-c1cc(C(=O)NC(C)(C)C)cc(-c2ccc(C(F)(F)F)cc2)c1. The highest BCUT2D eigenvalue weighted by molar-refractivity contribution is 5.96. The number of halogens is 3. The minimum absolute atomic E-state index is 0.0871. The molecule has 0 radical (unpaired) electrons. The van der Waals surface area contributed by atoms with Crippen molar-refractivity contribution >= 4 is 5.91 Å². The smallest absolute Gasteiger partial charge is 0.347 e. The first-order valence-corrected chi connectivity index (χ1v) is 9.91. The van der Waals surface area contributed by atoms with Gasteiger partial charge in [0.2, 0.25) is 0 Å². The van der Waals surface area contributed by atoms with Gasteiger partial charge in [-0.2, -0.15) is 13.2 Å². The van der Waals surface area contributed by atoms with Crippen molar-refractivity contribution in [1.82, 2.24) is 20.1 Å². The number of amides is 1. The van der Waals surface area contributed by atoms with E-state index in [1.54, 1.807) is 23.0 Å². The Kier molecular flexibility index (Phi) is 5.93. The van der Waals surface area contributed by atoms with Gasteiger partial charge in [-0.3, -0.25) is 9.36 Å². The van der Waals surface area contributed by atoms with E-state index in [1.165, 1.54) is 12.1 Å². The second-order valence-electron chi connectivity index (χ2n) is 8.76. The summed E-state index contributed by atoms with van der Waals surface area (Å²) in [5, 5.41) is 11.1. The highest BCUT2D eigenvalue weighted by Gasteiger charge is 2.30. The number of alkyl halides is 3. The van der Waals surface area contributed by atoms with Crippen LogP contribution >= 0.6 is 0 Å².